The van der Waals surface area contributed by atoms with E-state index >= 15 is 0 Å². The molecule has 0 heterocycles. The molecule has 0 saturated heterocycles. The molecule has 230 valence electrons. The number of alkyl halides is 3. The number of carbonyl (C=O) groups excluding carboxylic acids is 1. The smallest absolute Gasteiger partial charge is 0.411 e. The maximum Gasteiger partial charge on any atom is 0.454 e. The molecule has 1 atom stereocenters. The van der Waals surface area contributed by atoms with Gasteiger partial charge >= 0.3 is 6.18 Å². The van der Waals surface area contributed by atoms with E-state index < -0.39 is 34.2 Å². The van der Waals surface area contributed by atoms with Crippen LogP contribution < -0.4 is 10.4 Å². The van der Waals surface area contributed by atoms with Crippen LogP contribution in [0.4, 0.5) is 13.2 Å². The molecule has 43 heavy (non-hydrogen) atoms. The SMILES string of the molecule is CC(C)(C)[Si](C)(C)OC(CC#Cc1ccc(C(=O)C(F)(F)F)cc1)CO[Si](c1ccccc1)(c1ccccc1)C(C)(C)C. The standard InChI is InChI=1S/C35H43F3O3Si2/c1-33(2,3)42(7,8)41-29(17-15-16-27-22-24-28(25-23-27)32(39)35(36,37)38)26-40-43(34(4,5)6,30-18-11-9-12-19-30)31-20-13-10-14-21-31/h9-14,18-25,29H,17,26H2,1-8H3. The van der Waals surface area contributed by atoms with Crippen molar-refractivity contribution < 1.29 is 26.8 Å². The molecule has 0 spiro atoms. The summed E-state index contributed by atoms with van der Waals surface area (Å²) in [6.07, 6.45) is -4.85. The predicted molar refractivity (Wildman–Crippen MR) is 174 cm³/mol. The lowest BCUT2D eigenvalue weighted by atomic mass is 10.1. The minimum Gasteiger partial charge on any atom is -0.411 e. The molecule has 0 N–H and O–H groups in total. The lowest BCUT2D eigenvalue weighted by Crippen LogP contribution is -2.67. The topological polar surface area (TPSA) is 35.5 Å². The van der Waals surface area contributed by atoms with Crippen molar-refractivity contribution in [2.24, 2.45) is 0 Å². The van der Waals surface area contributed by atoms with Gasteiger partial charge in [0.2, 0.25) is 0 Å². The highest BCUT2D eigenvalue weighted by Crippen LogP contribution is 2.39. The Kier molecular flexibility index (Phi) is 10.7. The van der Waals surface area contributed by atoms with E-state index in [4.69, 9.17) is 8.85 Å². The molecule has 8 heteroatoms. The Labute approximate surface area is 257 Å². The van der Waals surface area contributed by atoms with E-state index in [2.05, 4.69) is 115 Å². The Morgan fingerprint density at radius 2 is 1.26 bits per heavy atom. The summed E-state index contributed by atoms with van der Waals surface area (Å²) >= 11 is 0. The molecule has 0 saturated carbocycles. The van der Waals surface area contributed by atoms with Crippen LogP contribution >= 0.6 is 0 Å². The Morgan fingerprint density at radius 3 is 1.67 bits per heavy atom. The third-order valence-electron chi connectivity index (χ3n) is 8.14. The van der Waals surface area contributed by atoms with Gasteiger partial charge in [-0.2, -0.15) is 13.2 Å². The van der Waals surface area contributed by atoms with Crippen molar-refractivity contribution >= 4 is 32.8 Å². The van der Waals surface area contributed by atoms with Gasteiger partial charge in [0.15, 0.2) is 8.32 Å². The van der Waals surface area contributed by atoms with Gasteiger partial charge in [0, 0.05) is 17.5 Å². The lowest BCUT2D eigenvalue weighted by Gasteiger charge is -2.45. The summed E-state index contributed by atoms with van der Waals surface area (Å²) < 4.78 is 52.4. The van der Waals surface area contributed by atoms with Crippen molar-refractivity contribution in [3.63, 3.8) is 0 Å². The van der Waals surface area contributed by atoms with Crippen LogP contribution in [0.25, 0.3) is 0 Å². The fourth-order valence-corrected chi connectivity index (χ4v) is 10.8. The van der Waals surface area contributed by atoms with E-state index in [1.807, 2.05) is 12.1 Å². The van der Waals surface area contributed by atoms with Crippen molar-refractivity contribution in [1.82, 2.24) is 0 Å². The highest BCUT2D eigenvalue weighted by molar-refractivity contribution is 6.99. The Hall–Kier alpha value is -2.97. The van der Waals surface area contributed by atoms with Crippen LogP contribution in [0.1, 0.15) is 63.9 Å². The van der Waals surface area contributed by atoms with Gasteiger partial charge in [-0.25, -0.2) is 0 Å². The molecule has 0 aliphatic carbocycles. The number of hydrogen-bond acceptors (Lipinski definition) is 3. The molecule has 3 nitrogen and oxygen atoms in total. The molecule has 0 bridgehead atoms. The number of ketones is 1. The van der Waals surface area contributed by atoms with E-state index in [9.17, 15) is 18.0 Å². The second-order valence-electron chi connectivity index (χ2n) is 13.4. The van der Waals surface area contributed by atoms with Crippen molar-refractivity contribution in [3.8, 4) is 11.8 Å². The molecule has 3 aromatic carbocycles. The molecule has 3 rings (SSSR count). The van der Waals surface area contributed by atoms with Gasteiger partial charge in [0.25, 0.3) is 14.1 Å². The van der Waals surface area contributed by atoms with Crippen LogP contribution in [0, 0.1) is 11.8 Å². The van der Waals surface area contributed by atoms with Crippen molar-refractivity contribution in [3.05, 3.63) is 96.1 Å². The molecule has 0 aliphatic heterocycles. The quantitative estimate of drug-likeness (QED) is 0.137. The zero-order chi connectivity index (χ0) is 32.1. The average molecular weight is 625 g/mol. The number of rotatable bonds is 9. The van der Waals surface area contributed by atoms with Crippen LogP contribution in [-0.4, -0.2) is 41.3 Å². The van der Waals surface area contributed by atoms with Crippen LogP contribution in [0.3, 0.4) is 0 Å². The first-order valence-electron chi connectivity index (χ1n) is 14.5. The summed E-state index contributed by atoms with van der Waals surface area (Å²) in [5, 5.41) is 2.13. The van der Waals surface area contributed by atoms with Gasteiger partial charge in [0.05, 0.1) is 12.7 Å². The summed E-state index contributed by atoms with van der Waals surface area (Å²) in [5.74, 6) is 4.36. The van der Waals surface area contributed by atoms with Crippen molar-refractivity contribution in [2.45, 2.75) is 83.4 Å². The fourth-order valence-electron chi connectivity index (χ4n) is 4.84. The van der Waals surface area contributed by atoms with Crippen LogP contribution in [-0.2, 0) is 8.85 Å². The first kappa shape index (κ1) is 34.5. The normalized spacial score (nSPS) is 13.7. The molecule has 0 amide bonds. The van der Waals surface area contributed by atoms with Crippen LogP contribution in [0.2, 0.25) is 23.2 Å². The molecular formula is C35H43F3O3Si2. The van der Waals surface area contributed by atoms with E-state index in [0.29, 0.717) is 18.6 Å². The minimum atomic E-state index is -4.91. The third-order valence-corrected chi connectivity index (χ3v) is 17.7. The average Bonchev–Trinajstić information content (AvgIpc) is 2.92. The maximum atomic E-state index is 12.8. The van der Waals surface area contributed by atoms with Crippen LogP contribution in [0.5, 0.6) is 0 Å². The third kappa shape index (κ3) is 8.36. The van der Waals surface area contributed by atoms with Crippen molar-refractivity contribution in [2.75, 3.05) is 6.61 Å². The summed E-state index contributed by atoms with van der Waals surface area (Å²) in [6, 6.07) is 26.1. The minimum absolute atomic E-state index is 0.0308. The summed E-state index contributed by atoms with van der Waals surface area (Å²) in [7, 11) is -5.02. The summed E-state index contributed by atoms with van der Waals surface area (Å²) in [4.78, 5) is 11.5. The van der Waals surface area contributed by atoms with Gasteiger partial charge in [-0.15, -0.1) is 0 Å². The first-order chi connectivity index (χ1) is 19.9. The highest BCUT2D eigenvalue weighted by atomic mass is 28.4. The summed E-state index contributed by atoms with van der Waals surface area (Å²) in [6.45, 7) is 18.0. The van der Waals surface area contributed by atoms with Gasteiger partial charge in [-0.1, -0.05) is 114 Å². The molecule has 3 aromatic rings. The molecule has 0 aliphatic rings. The Bertz CT molecular complexity index is 1370. The Balaban J connectivity index is 1.96. The van der Waals surface area contributed by atoms with E-state index in [0.717, 1.165) is 12.1 Å². The van der Waals surface area contributed by atoms with Crippen molar-refractivity contribution in [1.29, 1.82) is 0 Å². The van der Waals surface area contributed by atoms with Gasteiger partial charge < -0.3 is 8.85 Å². The number of halogens is 3. The van der Waals surface area contributed by atoms with Gasteiger partial charge in [0.1, 0.15) is 0 Å². The highest BCUT2D eigenvalue weighted by Gasteiger charge is 2.51. The number of benzene rings is 3. The second-order valence-corrected chi connectivity index (χ2v) is 22.4. The lowest BCUT2D eigenvalue weighted by molar-refractivity contribution is -0.0885. The number of carbonyl (C=O) groups is 1. The fraction of sp³-hybridized carbons (Fsp3) is 0.400. The van der Waals surface area contributed by atoms with Crippen LogP contribution in [0.15, 0.2) is 84.9 Å². The molecule has 0 aromatic heterocycles. The van der Waals surface area contributed by atoms with E-state index in [1.54, 1.807) is 0 Å². The molecule has 0 radical (unpaired) electrons. The van der Waals surface area contributed by atoms with Gasteiger partial charge in [-0.3, -0.25) is 4.79 Å². The number of hydrogen-bond donors (Lipinski definition) is 0. The maximum absolute atomic E-state index is 12.8. The van der Waals surface area contributed by atoms with E-state index in [-0.39, 0.29) is 16.2 Å². The zero-order valence-corrected chi connectivity index (χ0v) is 28.4. The first-order valence-corrected chi connectivity index (χ1v) is 19.3. The Morgan fingerprint density at radius 1 is 0.767 bits per heavy atom. The predicted octanol–water partition coefficient (Wildman–Crippen LogP) is 8.14. The summed E-state index contributed by atoms with van der Waals surface area (Å²) in [5.41, 5.74) is 0.119. The largest absolute Gasteiger partial charge is 0.454 e. The van der Waals surface area contributed by atoms with Gasteiger partial charge in [-0.05, 0) is 57.8 Å². The monoisotopic (exact) mass is 624 g/mol. The zero-order valence-electron chi connectivity index (χ0n) is 26.4. The molecular weight excluding hydrogens is 582 g/mol. The molecule has 1 unspecified atom stereocenters. The number of Topliss-reactive ketones (excluding diaryl/α,β-unsaturated/α-hetero) is 1. The second kappa shape index (κ2) is 13.4. The van der Waals surface area contributed by atoms with E-state index in [1.165, 1.54) is 22.5 Å². The molecule has 0 fully saturated rings.